The fourth-order valence-corrected chi connectivity index (χ4v) is 3.36. The summed E-state index contributed by atoms with van der Waals surface area (Å²) in [6, 6.07) is 16.7. The van der Waals surface area contributed by atoms with Gasteiger partial charge in [-0.2, -0.15) is 0 Å². The lowest BCUT2D eigenvalue weighted by Gasteiger charge is -2.26. The Labute approximate surface area is 128 Å². The van der Waals surface area contributed by atoms with Crippen molar-refractivity contribution >= 4 is 10.8 Å². The Morgan fingerprint density at radius 2 is 1.95 bits per heavy atom. The molecule has 1 heterocycles. The molecule has 1 aliphatic heterocycles. The first-order valence-electron chi connectivity index (χ1n) is 8.18. The molecule has 2 nitrogen and oxygen atoms in total. The van der Waals surface area contributed by atoms with E-state index < -0.39 is 0 Å². The van der Waals surface area contributed by atoms with Gasteiger partial charge in [0.15, 0.2) is 0 Å². The number of hydrogen-bond donors (Lipinski definition) is 1. The maximum atomic E-state index is 3.60. The van der Waals surface area contributed by atoms with Crippen molar-refractivity contribution < 1.29 is 0 Å². The van der Waals surface area contributed by atoms with Gasteiger partial charge in [-0.1, -0.05) is 56.3 Å². The summed E-state index contributed by atoms with van der Waals surface area (Å²) in [6.07, 6.45) is 2.65. The van der Waals surface area contributed by atoms with Gasteiger partial charge in [-0.05, 0) is 35.7 Å². The minimum Gasteiger partial charge on any atom is -0.313 e. The summed E-state index contributed by atoms with van der Waals surface area (Å²) >= 11 is 0. The van der Waals surface area contributed by atoms with Gasteiger partial charge >= 0.3 is 0 Å². The highest BCUT2D eigenvalue weighted by Crippen LogP contribution is 2.24. The Bertz CT molecular complexity index is 586. The molecule has 0 aromatic heterocycles. The number of fused-ring (bicyclic) bond motifs is 1. The van der Waals surface area contributed by atoms with E-state index in [9.17, 15) is 0 Å². The number of likely N-dealkylation sites (tertiary alicyclic amines) is 1. The standard InChI is InChI=1S/C19H26N2/c1-15(2)20-13-18-10-6-12-21(18)14-17-9-5-8-16-7-3-4-11-19(16)17/h3-5,7-9,11,15,18,20H,6,10,12-14H2,1-2H3. The molecule has 0 saturated carbocycles. The topological polar surface area (TPSA) is 15.3 Å². The van der Waals surface area contributed by atoms with Crippen molar-refractivity contribution in [1.82, 2.24) is 10.2 Å². The van der Waals surface area contributed by atoms with Crippen molar-refractivity contribution in [2.45, 2.75) is 45.3 Å². The SMILES string of the molecule is CC(C)NCC1CCCN1Cc1cccc2ccccc12. The van der Waals surface area contributed by atoms with Crippen LogP contribution in [0.3, 0.4) is 0 Å². The van der Waals surface area contributed by atoms with Crippen LogP contribution < -0.4 is 5.32 Å². The molecule has 1 N–H and O–H groups in total. The van der Waals surface area contributed by atoms with Crippen LogP contribution in [0.2, 0.25) is 0 Å². The first kappa shape index (κ1) is 14.6. The van der Waals surface area contributed by atoms with Crippen LogP contribution in [0.5, 0.6) is 0 Å². The molecule has 1 aliphatic rings. The molecular formula is C19H26N2. The van der Waals surface area contributed by atoms with Crippen molar-refractivity contribution in [3.63, 3.8) is 0 Å². The second-order valence-electron chi connectivity index (χ2n) is 6.47. The Morgan fingerprint density at radius 3 is 2.81 bits per heavy atom. The molecule has 112 valence electrons. The number of rotatable bonds is 5. The molecule has 2 aromatic carbocycles. The lowest BCUT2D eigenvalue weighted by molar-refractivity contribution is 0.237. The first-order chi connectivity index (χ1) is 10.2. The zero-order valence-electron chi connectivity index (χ0n) is 13.2. The largest absolute Gasteiger partial charge is 0.313 e. The summed E-state index contributed by atoms with van der Waals surface area (Å²) in [6.45, 7) is 7.87. The molecule has 0 amide bonds. The molecule has 1 fully saturated rings. The van der Waals surface area contributed by atoms with E-state index in [1.807, 2.05) is 0 Å². The Balaban J connectivity index is 1.75. The minimum atomic E-state index is 0.574. The van der Waals surface area contributed by atoms with Crippen LogP contribution in [0.15, 0.2) is 42.5 Å². The monoisotopic (exact) mass is 282 g/mol. The highest BCUT2D eigenvalue weighted by Gasteiger charge is 2.24. The van der Waals surface area contributed by atoms with Gasteiger partial charge < -0.3 is 5.32 Å². The third-order valence-corrected chi connectivity index (χ3v) is 4.51. The van der Waals surface area contributed by atoms with Crippen molar-refractivity contribution in [1.29, 1.82) is 0 Å². The zero-order valence-corrected chi connectivity index (χ0v) is 13.2. The maximum absolute atomic E-state index is 3.60. The lowest BCUT2D eigenvalue weighted by Crippen LogP contribution is -2.39. The van der Waals surface area contributed by atoms with Crippen LogP contribution in [0.4, 0.5) is 0 Å². The third kappa shape index (κ3) is 3.45. The predicted molar refractivity (Wildman–Crippen MR) is 90.5 cm³/mol. The molecular weight excluding hydrogens is 256 g/mol. The normalized spacial score (nSPS) is 19.7. The first-order valence-corrected chi connectivity index (χ1v) is 8.18. The molecule has 21 heavy (non-hydrogen) atoms. The molecule has 1 saturated heterocycles. The van der Waals surface area contributed by atoms with Gasteiger partial charge in [0.25, 0.3) is 0 Å². The molecule has 2 heteroatoms. The molecule has 0 radical (unpaired) electrons. The van der Waals surface area contributed by atoms with Crippen molar-refractivity contribution in [2.75, 3.05) is 13.1 Å². The second kappa shape index (κ2) is 6.59. The summed E-state index contributed by atoms with van der Waals surface area (Å²) < 4.78 is 0. The zero-order chi connectivity index (χ0) is 14.7. The van der Waals surface area contributed by atoms with Crippen LogP contribution in [0.25, 0.3) is 10.8 Å². The van der Waals surface area contributed by atoms with Crippen LogP contribution in [-0.4, -0.2) is 30.1 Å². The quantitative estimate of drug-likeness (QED) is 0.897. The predicted octanol–water partition coefficient (Wildman–Crippen LogP) is 3.80. The average Bonchev–Trinajstić information content (AvgIpc) is 2.93. The summed E-state index contributed by atoms with van der Waals surface area (Å²) in [7, 11) is 0. The van der Waals surface area contributed by atoms with Gasteiger partial charge in [0, 0.05) is 25.2 Å². The Morgan fingerprint density at radius 1 is 1.14 bits per heavy atom. The lowest BCUT2D eigenvalue weighted by atomic mass is 10.0. The van der Waals surface area contributed by atoms with Crippen LogP contribution in [0.1, 0.15) is 32.3 Å². The van der Waals surface area contributed by atoms with E-state index >= 15 is 0 Å². The molecule has 3 rings (SSSR count). The van der Waals surface area contributed by atoms with Gasteiger partial charge in [-0.25, -0.2) is 0 Å². The van der Waals surface area contributed by atoms with Gasteiger partial charge in [-0.3, -0.25) is 4.90 Å². The van der Waals surface area contributed by atoms with Crippen LogP contribution >= 0.6 is 0 Å². The molecule has 1 unspecified atom stereocenters. The van der Waals surface area contributed by atoms with E-state index in [4.69, 9.17) is 0 Å². The van der Waals surface area contributed by atoms with E-state index in [0.717, 1.165) is 13.1 Å². The highest BCUT2D eigenvalue weighted by atomic mass is 15.2. The molecule has 2 aromatic rings. The summed E-state index contributed by atoms with van der Waals surface area (Å²) in [5, 5.41) is 6.36. The van der Waals surface area contributed by atoms with Crippen molar-refractivity contribution in [3.05, 3.63) is 48.0 Å². The smallest absolute Gasteiger partial charge is 0.0243 e. The van der Waals surface area contributed by atoms with Crippen molar-refractivity contribution in [2.24, 2.45) is 0 Å². The number of hydrogen-bond acceptors (Lipinski definition) is 2. The van der Waals surface area contributed by atoms with E-state index in [-0.39, 0.29) is 0 Å². The van der Waals surface area contributed by atoms with Crippen LogP contribution in [0, 0.1) is 0 Å². The van der Waals surface area contributed by atoms with Gasteiger partial charge in [0.1, 0.15) is 0 Å². The van der Waals surface area contributed by atoms with E-state index in [0.29, 0.717) is 12.1 Å². The summed E-state index contributed by atoms with van der Waals surface area (Å²) in [5.74, 6) is 0. The van der Waals surface area contributed by atoms with Gasteiger partial charge in [0.2, 0.25) is 0 Å². The van der Waals surface area contributed by atoms with Gasteiger partial charge in [-0.15, -0.1) is 0 Å². The maximum Gasteiger partial charge on any atom is 0.0243 e. The fourth-order valence-electron chi connectivity index (χ4n) is 3.36. The molecule has 0 spiro atoms. The fraction of sp³-hybridized carbons (Fsp3) is 0.474. The third-order valence-electron chi connectivity index (χ3n) is 4.51. The number of benzene rings is 2. The molecule has 0 bridgehead atoms. The average molecular weight is 282 g/mol. The van der Waals surface area contributed by atoms with E-state index in [2.05, 4.69) is 66.5 Å². The molecule has 1 atom stereocenters. The highest BCUT2D eigenvalue weighted by molar-refractivity contribution is 5.85. The number of nitrogens with zero attached hydrogens (tertiary/aromatic N) is 1. The summed E-state index contributed by atoms with van der Waals surface area (Å²) in [5.41, 5.74) is 1.46. The van der Waals surface area contributed by atoms with Crippen LogP contribution in [-0.2, 0) is 6.54 Å². The Hall–Kier alpha value is -1.38. The summed E-state index contributed by atoms with van der Waals surface area (Å²) in [4.78, 5) is 2.65. The number of nitrogens with one attached hydrogen (secondary N) is 1. The molecule has 0 aliphatic carbocycles. The van der Waals surface area contributed by atoms with Crippen molar-refractivity contribution in [3.8, 4) is 0 Å². The Kier molecular flexibility index (Phi) is 4.57. The minimum absolute atomic E-state index is 0.574. The van der Waals surface area contributed by atoms with E-state index in [1.165, 1.54) is 35.7 Å². The second-order valence-corrected chi connectivity index (χ2v) is 6.47. The van der Waals surface area contributed by atoms with Gasteiger partial charge in [0.05, 0.1) is 0 Å². The van der Waals surface area contributed by atoms with E-state index in [1.54, 1.807) is 0 Å².